The van der Waals surface area contributed by atoms with Crippen molar-refractivity contribution < 1.29 is 9.53 Å². The Morgan fingerprint density at radius 2 is 1.93 bits per heavy atom. The Hall–Kier alpha value is -4.39. The van der Waals surface area contributed by atoms with Crippen molar-refractivity contribution in [2.75, 3.05) is 31.9 Å². The summed E-state index contributed by atoms with van der Waals surface area (Å²) in [7, 11) is 1.93. The molecule has 1 aromatic carbocycles. The number of para-hydroxylation sites is 1. The van der Waals surface area contributed by atoms with Gasteiger partial charge in [-0.3, -0.25) is 9.69 Å². The zero-order chi connectivity index (χ0) is 28.5. The number of pyridine rings is 1. The molecule has 0 unspecified atom stereocenters. The summed E-state index contributed by atoms with van der Waals surface area (Å²) in [5, 5.41) is 1.08. The van der Waals surface area contributed by atoms with Crippen molar-refractivity contribution in [3.63, 3.8) is 0 Å². The Bertz CT molecular complexity index is 1680. The maximum atomic E-state index is 11.9. The smallest absolute Gasteiger partial charge is 0.245 e. The van der Waals surface area contributed by atoms with Gasteiger partial charge >= 0.3 is 0 Å². The van der Waals surface area contributed by atoms with Crippen LogP contribution in [0.25, 0.3) is 22.2 Å². The lowest BCUT2D eigenvalue weighted by molar-refractivity contribution is -0.127. The van der Waals surface area contributed by atoms with Gasteiger partial charge in [-0.25, -0.2) is 15.0 Å². The number of halogens is 1. The molecule has 2 aliphatic heterocycles. The van der Waals surface area contributed by atoms with Crippen LogP contribution in [0.1, 0.15) is 18.5 Å². The van der Waals surface area contributed by atoms with Gasteiger partial charge in [-0.05, 0) is 43.0 Å². The molecule has 0 atom stereocenters. The van der Waals surface area contributed by atoms with Crippen LogP contribution in [0.15, 0.2) is 61.6 Å². The zero-order valence-corrected chi connectivity index (χ0v) is 23.5. The van der Waals surface area contributed by atoms with Crippen molar-refractivity contribution in [2.24, 2.45) is 13.0 Å². The molecule has 10 heteroatoms. The van der Waals surface area contributed by atoms with E-state index in [0.29, 0.717) is 39.5 Å². The molecule has 2 saturated heterocycles. The van der Waals surface area contributed by atoms with Crippen molar-refractivity contribution in [2.45, 2.75) is 18.9 Å². The molecule has 4 aromatic rings. The molecule has 2 aliphatic rings. The number of aryl methyl sites for hydroxylation is 1. The SMILES string of the molecule is C=CC(=O)N1CCC(N2CC(C#Cc3c(-c4cnc(Oc5ccccc5)c(Cl)c4)c4c(N)ncnc4n3C)C2)CC1. The van der Waals surface area contributed by atoms with E-state index in [-0.39, 0.29) is 11.8 Å². The van der Waals surface area contributed by atoms with E-state index in [1.807, 2.05) is 52.9 Å². The van der Waals surface area contributed by atoms with Gasteiger partial charge in [0.1, 0.15) is 34.3 Å². The molecule has 208 valence electrons. The first kappa shape index (κ1) is 26.8. The summed E-state index contributed by atoms with van der Waals surface area (Å²) in [5.41, 5.74) is 9.36. The van der Waals surface area contributed by atoms with E-state index in [1.54, 1.807) is 6.20 Å². The highest BCUT2D eigenvalue weighted by molar-refractivity contribution is 6.32. The number of rotatable bonds is 5. The molecule has 3 aromatic heterocycles. The maximum Gasteiger partial charge on any atom is 0.245 e. The molecule has 5 heterocycles. The summed E-state index contributed by atoms with van der Waals surface area (Å²) in [6.45, 7) is 6.97. The van der Waals surface area contributed by atoms with E-state index in [4.69, 9.17) is 22.1 Å². The molecule has 0 radical (unpaired) electrons. The third-order valence-corrected chi connectivity index (χ3v) is 8.09. The molecule has 1 amide bonds. The van der Waals surface area contributed by atoms with Crippen LogP contribution in [0.4, 0.5) is 5.82 Å². The molecule has 0 aliphatic carbocycles. The molecule has 9 nitrogen and oxygen atoms in total. The summed E-state index contributed by atoms with van der Waals surface area (Å²) in [6.07, 6.45) is 6.52. The van der Waals surface area contributed by atoms with E-state index >= 15 is 0 Å². The second-order valence-electron chi connectivity index (χ2n) is 10.3. The van der Waals surface area contributed by atoms with Gasteiger partial charge in [0.05, 0.1) is 5.39 Å². The Labute approximate surface area is 243 Å². The predicted molar refractivity (Wildman–Crippen MR) is 159 cm³/mol. The van der Waals surface area contributed by atoms with E-state index in [9.17, 15) is 4.79 Å². The van der Waals surface area contributed by atoms with E-state index in [1.165, 1.54) is 12.4 Å². The average Bonchev–Trinajstić information content (AvgIpc) is 3.26. The lowest BCUT2D eigenvalue weighted by atomic mass is 9.93. The number of carbonyl (C=O) groups is 1. The van der Waals surface area contributed by atoms with Crippen LogP contribution in [0.3, 0.4) is 0 Å². The van der Waals surface area contributed by atoms with Crippen LogP contribution in [-0.4, -0.2) is 67.4 Å². The van der Waals surface area contributed by atoms with Crippen LogP contribution in [0.5, 0.6) is 11.6 Å². The van der Waals surface area contributed by atoms with E-state index < -0.39 is 0 Å². The minimum atomic E-state index is 0.0155. The number of likely N-dealkylation sites (tertiary alicyclic amines) is 2. The number of hydrogen-bond donors (Lipinski definition) is 1. The van der Waals surface area contributed by atoms with Gasteiger partial charge < -0.3 is 19.9 Å². The molecule has 0 spiro atoms. The fourth-order valence-electron chi connectivity index (χ4n) is 5.59. The number of nitrogens with two attached hydrogens (primary N) is 1. The van der Waals surface area contributed by atoms with Gasteiger partial charge in [0.2, 0.25) is 11.8 Å². The summed E-state index contributed by atoms with van der Waals surface area (Å²) in [4.78, 5) is 29.5. The molecule has 2 fully saturated rings. The van der Waals surface area contributed by atoms with Crippen molar-refractivity contribution in [1.29, 1.82) is 0 Å². The van der Waals surface area contributed by atoms with Crippen molar-refractivity contribution in [3.05, 3.63) is 72.3 Å². The number of benzene rings is 1. The number of nitrogen functional groups attached to an aromatic ring is 1. The number of hydrogen-bond acceptors (Lipinski definition) is 7. The fraction of sp³-hybridized carbons (Fsp3) is 0.290. The standard InChI is InChI=1S/C31H30ClN7O2/c1-3-26(40)38-13-11-22(12-14-38)39-17-20(18-39)9-10-25-27(28-29(33)35-19-36-30(28)37(25)2)21-15-24(32)31(34-16-21)41-23-7-5-4-6-8-23/h3-8,15-16,19-20,22H,1,11-14,17-18H2,2H3,(H2,33,35,36). The monoisotopic (exact) mass is 567 g/mol. The fourth-order valence-corrected chi connectivity index (χ4v) is 5.80. The Balaban J connectivity index is 1.25. The molecule has 0 saturated carbocycles. The Morgan fingerprint density at radius 3 is 2.63 bits per heavy atom. The number of anilines is 1. The predicted octanol–water partition coefficient (Wildman–Crippen LogP) is 4.52. The van der Waals surface area contributed by atoms with Gasteiger partial charge in [0.15, 0.2) is 0 Å². The second-order valence-corrected chi connectivity index (χ2v) is 10.8. The molecular weight excluding hydrogens is 538 g/mol. The highest BCUT2D eigenvalue weighted by atomic mass is 35.5. The van der Waals surface area contributed by atoms with Crippen LogP contribution in [0, 0.1) is 17.8 Å². The van der Waals surface area contributed by atoms with Crippen LogP contribution >= 0.6 is 11.6 Å². The Morgan fingerprint density at radius 1 is 1.17 bits per heavy atom. The van der Waals surface area contributed by atoms with Gasteiger partial charge in [-0.1, -0.05) is 42.3 Å². The lowest BCUT2D eigenvalue weighted by Gasteiger charge is -2.45. The molecule has 41 heavy (non-hydrogen) atoms. The average molecular weight is 568 g/mol. The van der Waals surface area contributed by atoms with E-state index in [2.05, 4.69) is 38.3 Å². The largest absolute Gasteiger partial charge is 0.438 e. The Kier molecular flexibility index (Phi) is 7.35. The van der Waals surface area contributed by atoms with Crippen LogP contribution in [0.2, 0.25) is 5.02 Å². The topological polar surface area (TPSA) is 102 Å². The first-order valence-corrected chi connectivity index (χ1v) is 13.9. The van der Waals surface area contributed by atoms with Gasteiger partial charge in [0.25, 0.3) is 0 Å². The van der Waals surface area contributed by atoms with Gasteiger partial charge in [-0.2, -0.15) is 0 Å². The highest BCUT2D eigenvalue weighted by Gasteiger charge is 2.34. The molecular formula is C31H30ClN7O2. The number of piperidine rings is 1. The number of carbonyl (C=O) groups excluding carboxylic acids is 1. The lowest BCUT2D eigenvalue weighted by Crippen LogP contribution is -2.55. The molecule has 6 rings (SSSR count). The highest BCUT2D eigenvalue weighted by Crippen LogP contribution is 2.38. The second kappa shape index (κ2) is 11.2. The number of aromatic nitrogens is 4. The minimum Gasteiger partial charge on any atom is -0.438 e. The summed E-state index contributed by atoms with van der Waals surface area (Å²) in [6, 6.07) is 11.7. The number of nitrogens with zero attached hydrogens (tertiary/aromatic N) is 6. The van der Waals surface area contributed by atoms with Crippen molar-refractivity contribution >= 4 is 34.4 Å². The van der Waals surface area contributed by atoms with Gasteiger partial charge in [0, 0.05) is 62.5 Å². The zero-order valence-electron chi connectivity index (χ0n) is 22.8. The minimum absolute atomic E-state index is 0.0155. The third kappa shape index (κ3) is 5.24. The van der Waals surface area contributed by atoms with Gasteiger partial charge in [-0.15, -0.1) is 0 Å². The maximum absolute atomic E-state index is 11.9. The quantitative estimate of drug-likeness (QED) is 0.279. The molecule has 0 bridgehead atoms. The van der Waals surface area contributed by atoms with E-state index in [0.717, 1.165) is 55.8 Å². The summed E-state index contributed by atoms with van der Waals surface area (Å²) in [5.74, 6) is 8.49. The van der Waals surface area contributed by atoms with Crippen LogP contribution in [-0.2, 0) is 11.8 Å². The summed E-state index contributed by atoms with van der Waals surface area (Å²) < 4.78 is 7.82. The number of fused-ring (bicyclic) bond motifs is 1. The summed E-state index contributed by atoms with van der Waals surface area (Å²) >= 11 is 6.64. The number of amides is 1. The first-order chi connectivity index (χ1) is 19.9. The van der Waals surface area contributed by atoms with Crippen molar-refractivity contribution in [3.8, 4) is 34.6 Å². The normalized spacial score (nSPS) is 16.2. The van der Waals surface area contributed by atoms with Crippen LogP contribution < -0.4 is 10.5 Å². The third-order valence-electron chi connectivity index (χ3n) is 7.82. The van der Waals surface area contributed by atoms with Crippen molar-refractivity contribution in [1.82, 2.24) is 29.3 Å². The molecule has 2 N–H and O–H groups in total. The number of ether oxygens (including phenoxy) is 1. The first-order valence-electron chi connectivity index (χ1n) is 13.6.